The Labute approximate surface area is 90.7 Å². The summed E-state index contributed by atoms with van der Waals surface area (Å²) in [6.07, 6.45) is -1.10. The van der Waals surface area contributed by atoms with Gasteiger partial charge in [-0.3, -0.25) is 0 Å². The fraction of sp³-hybridized carbons (Fsp3) is 0.300. The summed E-state index contributed by atoms with van der Waals surface area (Å²) in [5, 5.41) is 26.0. The third-order valence-corrected chi connectivity index (χ3v) is 1.82. The van der Waals surface area contributed by atoms with Gasteiger partial charge in [-0.1, -0.05) is 0 Å². The molecule has 0 radical (unpaired) electrons. The van der Waals surface area contributed by atoms with Crippen LogP contribution in [0, 0.1) is 5.82 Å². The largest absolute Gasteiger partial charge is 0.488 e. The predicted molar refractivity (Wildman–Crippen MR) is 51.9 cm³/mol. The fourth-order valence-electron chi connectivity index (χ4n) is 0.990. The number of hydrogen-bond donors (Lipinski definition) is 3. The first-order chi connectivity index (χ1) is 7.54. The second-order valence-electron chi connectivity index (χ2n) is 3.10. The standard InChI is InChI=1S/C10H11FO5/c11-8-3-6(10(14)15)1-2-9(8)16-5-7(13)4-12/h1-3,7,12-13H,4-5H2,(H,14,15). The first kappa shape index (κ1) is 12.4. The van der Waals surface area contributed by atoms with Gasteiger partial charge in [0.1, 0.15) is 12.7 Å². The maximum Gasteiger partial charge on any atom is 0.335 e. The Morgan fingerprint density at radius 1 is 1.50 bits per heavy atom. The quantitative estimate of drug-likeness (QED) is 0.675. The number of rotatable bonds is 5. The van der Waals surface area contributed by atoms with Gasteiger partial charge in [-0.15, -0.1) is 0 Å². The van der Waals surface area contributed by atoms with Crippen molar-refractivity contribution in [3.63, 3.8) is 0 Å². The highest BCUT2D eigenvalue weighted by Gasteiger charge is 2.10. The van der Waals surface area contributed by atoms with Crippen LogP contribution in [-0.2, 0) is 0 Å². The summed E-state index contributed by atoms with van der Waals surface area (Å²) in [5.74, 6) is -2.23. The van der Waals surface area contributed by atoms with Crippen LogP contribution < -0.4 is 4.74 Å². The molecule has 0 saturated carbocycles. The number of ether oxygens (including phenoxy) is 1. The van der Waals surface area contributed by atoms with Crippen molar-refractivity contribution in [3.05, 3.63) is 29.6 Å². The van der Waals surface area contributed by atoms with Crippen LogP contribution in [0.3, 0.4) is 0 Å². The van der Waals surface area contributed by atoms with Gasteiger partial charge in [0, 0.05) is 0 Å². The van der Waals surface area contributed by atoms with Crippen molar-refractivity contribution in [2.75, 3.05) is 13.2 Å². The first-order valence-electron chi connectivity index (χ1n) is 4.49. The number of halogens is 1. The van der Waals surface area contributed by atoms with Crippen LogP contribution in [0.4, 0.5) is 4.39 Å². The number of aliphatic hydroxyl groups is 2. The van der Waals surface area contributed by atoms with Crippen LogP contribution in [0.2, 0.25) is 0 Å². The molecule has 3 N–H and O–H groups in total. The van der Waals surface area contributed by atoms with Gasteiger partial charge in [0.2, 0.25) is 0 Å². The van der Waals surface area contributed by atoms with Crippen molar-refractivity contribution < 1.29 is 29.2 Å². The minimum Gasteiger partial charge on any atom is -0.488 e. The highest BCUT2D eigenvalue weighted by atomic mass is 19.1. The van der Waals surface area contributed by atoms with Gasteiger partial charge in [0.25, 0.3) is 0 Å². The average Bonchev–Trinajstić information content (AvgIpc) is 2.26. The maximum absolute atomic E-state index is 13.2. The van der Waals surface area contributed by atoms with Crippen LogP contribution in [0.15, 0.2) is 18.2 Å². The first-order valence-corrected chi connectivity index (χ1v) is 4.49. The number of carboxylic acid groups (broad SMARTS) is 1. The molecule has 1 atom stereocenters. The molecule has 1 aromatic carbocycles. The third-order valence-electron chi connectivity index (χ3n) is 1.82. The van der Waals surface area contributed by atoms with E-state index >= 15 is 0 Å². The van der Waals surface area contributed by atoms with E-state index < -0.39 is 24.5 Å². The molecule has 1 aromatic rings. The summed E-state index contributed by atoms with van der Waals surface area (Å²) in [5.41, 5.74) is -0.187. The Morgan fingerprint density at radius 2 is 2.19 bits per heavy atom. The van der Waals surface area contributed by atoms with Crippen LogP contribution >= 0.6 is 0 Å². The third kappa shape index (κ3) is 3.18. The van der Waals surface area contributed by atoms with E-state index in [1.165, 1.54) is 6.07 Å². The fourth-order valence-corrected chi connectivity index (χ4v) is 0.990. The van der Waals surface area contributed by atoms with E-state index in [4.69, 9.17) is 20.1 Å². The Bertz CT molecular complexity index is 379. The normalized spacial score (nSPS) is 12.2. The van der Waals surface area contributed by atoms with Gasteiger partial charge >= 0.3 is 5.97 Å². The minimum atomic E-state index is -1.24. The summed E-state index contributed by atoms with van der Waals surface area (Å²) in [7, 11) is 0. The molecule has 88 valence electrons. The van der Waals surface area contributed by atoms with Gasteiger partial charge in [0.05, 0.1) is 12.2 Å². The molecule has 0 aromatic heterocycles. The monoisotopic (exact) mass is 230 g/mol. The topological polar surface area (TPSA) is 87.0 Å². The number of aliphatic hydroxyl groups excluding tert-OH is 2. The lowest BCUT2D eigenvalue weighted by Gasteiger charge is -2.10. The number of hydrogen-bond acceptors (Lipinski definition) is 4. The van der Waals surface area contributed by atoms with Gasteiger partial charge in [0.15, 0.2) is 11.6 Å². The molecule has 1 unspecified atom stereocenters. The Hall–Kier alpha value is -1.66. The van der Waals surface area contributed by atoms with Gasteiger partial charge in [-0.05, 0) is 18.2 Å². The zero-order valence-electron chi connectivity index (χ0n) is 8.26. The second kappa shape index (κ2) is 5.43. The van der Waals surface area contributed by atoms with Gasteiger partial charge < -0.3 is 20.1 Å². The molecule has 0 bridgehead atoms. The van der Waals surface area contributed by atoms with Crippen molar-refractivity contribution in [3.8, 4) is 5.75 Å². The zero-order chi connectivity index (χ0) is 12.1. The van der Waals surface area contributed by atoms with E-state index in [9.17, 15) is 9.18 Å². The number of carboxylic acids is 1. The van der Waals surface area contributed by atoms with Crippen molar-refractivity contribution >= 4 is 5.97 Å². The molecule has 5 nitrogen and oxygen atoms in total. The maximum atomic E-state index is 13.2. The number of aromatic carboxylic acids is 1. The molecule has 0 spiro atoms. The average molecular weight is 230 g/mol. The van der Waals surface area contributed by atoms with E-state index in [1.807, 2.05) is 0 Å². The number of carbonyl (C=O) groups is 1. The van der Waals surface area contributed by atoms with Crippen molar-refractivity contribution in [1.82, 2.24) is 0 Å². The van der Waals surface area contributed by atoms with Crippen LogP contribution in [-0.4, -0.2) is 40.6 Å². The van der Waals surface area contributed by atoms with Crippen molar-refractivity contribution in [1.29, 1.82) is 0 Å². The summed E-state index contributed by atoms with van der Waals surface area (Å²) < 4.78 is 18.1. The van der Waals surface area contributed by atoms with Crippen LogP contribution in [0.25, 0.3) is 0 Å². The molecule has 0 fully saturated rings. The van der Waals surface area contributed by atoms with Crippen molar-refractivity contribution in [2.24, 2.45) is 0 Å². The molecule has 0 aliphatic rings. The SMILES string of the molecule is O=C(O)c1ccc(OCC(O)CO)c(F)c1. The Kier molecular flexibility index (Phi) is 4.21. The van der Waals surface area contributed by atoms with E-state index in [0.29, 0.717) is 0 Å². The molecule has 6 heteroatoms. The molecule has 0 heterocycles. The van der Waals surface area contributed by atoms with Crippen LogP contribution in [0.5, 0.6) is 5.75 Å². The van der Waals surface area contributed by atoms with E-state index in [2.05, 4.69) is 0 Å². The van der Waals surface area contributed by atoms with Gasteiger partial charge in [-0.2, -0.15) is 0 Å². The summed E-state index contributed by atoms with van der Waals surface area (Å²) in [6.45, 7) is -0.755. The lowest BCUT2D eigenvalue weighted by molar-refractivity contribution is 0.0523. The Morgan fingerprint density at radius 3 is 2.69 bits per heavy atom. The molecule has 0 amide bonds. The van der Waals surface area contributed by atoms with E-state index in [-0.39, 0.29) is 17.9 Å². The predicted octanol–water partition coefficient (Wildman–Crippen LogP) is 0.256. The molecular weight excluding hydrogens is 219 g/mol. The summed E-state index contributed by atoms with van der Waals surface area (Å²) in [4.78, 5) is 10.5. The smallest absolute Gasteiger partial charge is 0.335 e. The van der Waals surface area contributed by atoms with Crippen molar-refractivity contribution in [2.45, 2.75) is 6.10 Å². The molecule has 16 heavy (non-hydrogen) atoms. The summed E-state index contributed by atoms with van der Waals surface area (Å²) in [6, 6.07) is 3.16. The highest BCUT2D eigenvalue weighted by Crippen LogP contribution is 2.18. The second-order valence-corrected chi connectivity index (χ2v) is 3.10. The molecule has 0 saturated heterocycles. The molecule has 0 aliphatic carbocycles. The Balaban J connectivity index is 2.72. The number of benzene rings is 1. The minimum absolute atomic E-state index is 0.169. The van der Waals surface area contributed by atoms with E-state index in [1.54, 1.807) is 0 Å². The molecular formula is C10H11FO5. The van der Waals surface area contributed by atoms with E-state index in [0.717, 1.165) is 12.1 Å². The van der Waals surface area contributed by atoms with Gasteiger partial charge in [-0.25, -0.2) is 9.18 Å². The zero-order valence-corrected chi connectivity index (χ0v) is 8.26. The highest BCUT2D eigenvalue weighted by molar-refractivity contribution is 5.87. The molecule has 1 rings (SSSR count). The van der Waals surface area contributed by atoms with Crippen LogP contribution in [0.1, 0.15) is 10.4 Å². The lowest BCUT2D eigenvalue weighted by Crippen LogP contribution is -2.21. The summed E-state index contributed by atoms with van der Waals surface area (Å²) >= 11 is 0. The molecule has 0 aliphatic heterocycles. The lowest BCUT2D eigenvalue weighted by atomic mass is 10.2.